The Labute approximate surface area is 146 Å². The van der Waals surface area contributed by atoms with Crippen LogP contribution in [0.25, 0.3) is 0 Å². The van der Waals surface area contributed by atoms with Crippen LogP contribution in [0.3, 0.4) is 0 Å². The molecule has 2 saturated carbocycles. The van der Waals surface area contributed by atoms with Crippen LogP contribution in [-0.2, 0) is 0 Å². The van der Waals surface area contributed by atoms with Crippen LogP contribution in [0, 0.1) is 16.7 Å². The highest BCUT2D eigenvalue weighted by atomic mass is 16.3. The number of hydrogen-bond acceptors (Lipinski definition) is 6. The molecule has 6 heteroatoms. The zero-order valence-electron chi connectivity index (χ0n) is 15.5. The fraction of sp³-hybridized carbons (Fsp3) is 1.00. The quantitative estimate of drug-likeness (QED) is 0.437. The standard InChI is InChI=1S/C18H36N2O4/c1-17(2)14-4-5-18(17,3)16(20(8-12-23)9-13-24)15(14)19(6-10-21)7-11-22/h14-16,21-24H,4-13H2,1-3H3/t14-,15-,16-,18+/m1/s1. The molecule has 0 unspecified atom stereocenters. The molecule has 2 aliphatic carbocycles. The Kier molecular flexibility index (Phi) is 6.67. The molecule has 0 aliphatic heterocycles. The number of hydrogen-bond donors (Lipinski definition) is 4. The summed E-state index contributed by atoms with van der Waals surface area (Å²) >= 11 is 0. The van der Waals surface area contributed by atoms with Gasteiger partial charge in [0.15, 0.2) is 0 Å². The second kappa shape index (κ2) is 7.98. The second-order valence-corrected chi connectivity index (χ2v) is 8.19. The minimum Gasteiger partial charge on any atom is -0.395 e. The predicted octanol–water partition coefficient (Wildman–Crippen LogP) is -0.247. The molecule has 0 aromatic rings. The number of fused-ring (bicyclic) bond motifs is 2. The van der Waals surface area contributed by atoms with E-state index in [9.17, 15) is 20.4 Å². The van der Waals surface area contributed by atoms with Crippen LogP contribution in [0.15, 0.2) is 0 Å². The molecule has 4 N–H and O–H groups in total. The lowest BCUT2D eigenvalue weighted by Gasteiger charge is -2.48. The largest absolute Gasteiger partial charge is 0.395 e. The summed E-state index contributed by atoms with van der Waals surface area (Å²) in [4.78, 5) is 4.45. The molecule has 0 spiro atoms. The molecule has 0 saturated heterocycles. The fourth-order valence-electron chi connectivity index (χ4n) is 5.67. The van der Waals surface area contributed by atoms with Crippen molar-refractivity contribution in [2.45, 2.75) is 45.7 Å². The molecular formula is C18H36N2O4. The van der Waals surface area contributed by atoms with Gasteiger partial charge in [-0.1, -0.05) is 20.8 Å². The van der Waals surface area contributed by atoms with E-state index in [2.05, 4.69) is 30.6 Å². The Bertz CT molecular complexity index is 394. The normalized spacial score (nSPS) is 34.6. The molecule has 142 valence electrons. The molecule has 0 aromatic carbocycles. The van der Waals surface area contributed by atoms with E-state index in [-0.39, 0.29) is 49.3 Å². The first-order valence-electron chi connectivity index (χ1n) is 9.30. The Morgan fingerprint density at radius 1 is 0.792 bits per heavy atom. The molecule has 24 heavy (non-hydrogen) atoms. The lowest BCUT2D eigenvalue weighted by atomic mass is 9.68. The fourth-order valence-corrected chi connectivity index (χ4v) is 5.67. The topological polar surface area (TPSA) is 87.4 Å². The van der Waals surface area contributed by atoms with E-state index in [4.69, 9.17) is 0 Å². The SMILES string of the molecule is CC1(C)[C@@H]2CC[C@@]1(C)[C@H](N(CCO)CCO)[C@@H]2N(CCO)CCO. The summed E-state index contributed by atoms with van der Waals surface area (Å²) in [5.41, 5.74) is 0.241. The van der Waals surface area contributed by atoms with Crippen molar-refractivity contribution in [2.75, 3.05) is 52.6 Å². The van der Waals surface area contributed by atoms with Crippen molar-refractivity contribution in [3.63, 3.8) is 0 Å². The van der Waals surface area contributed by atoms with Gasteiger partial charge >= 0.3 is 0 Å². The van der Waals surface area contributed by atoms with Gasteiger partial charge in [0.2, 0.25) is 0 Å². The van der Waals surface area contributed by atoms with Crippen LogP contribution in [-0.4, -0.2) is 94.9 Å². The van der Waals surface area contributed by atoms with Crippen molar-refractivity contribution in [1.82, 2.24) is 9.80 Å². The molecule has 0 heterocycles. The van der Waals surface area contributed by atoms with Gasteiger partial charge in [0.25, 0.3) is 0 Å². The summed E-state index contributed by atoms with van der Waals surface area (Å²) in [6, 6.07) is 0.444. The molecule has 2 bridgehead atoms. The van der Waals surface area contributed by atoms with Crippen molar-refractivity contribution in [3.05, 3.63) is 0 Å². The van der Waals surface area contributed by atoms with E-state index in [0.29, 0.717) is 32.1 Å². The van der Waals surface area contributed by atoms with Gasteiger partial charge in [-0.15, -0.1) is 0 Å². The Hall–Kier alpha value is -0.240. The van der Waals surface area contributed by atoms with Crippen LogP contribution in [0.4, 0.5) is 0 Å². The lowest BCUT2D eigenvalue weighted by molar-refractivity contribution is -0.0179. The number of rotatable bonds is 10. The third kappa shape index (κ3) is 3.13. The third-order valence-corrected chi connectivity index (χ3v) is 7.13. The van der Waals surface area contributed by atoms with E-state index in [1.54, 1.807) is 0 Å². The first-order chi connectivity index (χ1) is 11.4. The van der Waals surface area contributed by atoms with Crippen LogP contribution < -0.4 is 0 Å². The highest BCUT2D eigenvalue weighted by molar-refractivity contribution is 5.20. The minimum absolute atomic E-state index is 0.0738. The van der Waals surface area contributed by atoms with E-state index in [0.717, 1.165) is 12.8 Å². The van der Waals surface area contributed by atoms with Gasteiger partial charge in [0.05, 0.1) is 26.4 Å². The molecule has 0 amide bonds. The first kappa shape index (κ1) is 20.1. The molecule has 0 aromatic heterocycles. The molecule has 4 atom stereocenters. The van der Waals surface area contributed by atoms with Gasteiger partial charge in [-0.05, 0) is 29.6 Å². The maximum atomic E-state index is 9.52. The van der Waals surface area contributed by atoms with Crippen molar-refractivity contribution in [1.29, 1.82) is 0 Å². The number of aliphatic hydroxyl groups is 4. The zero-order valence-corrected chi connectivity index (χ0v) is 15.5. The maximum absolute atomic E-state index is 9.52. The van der Waals surface area contributed by atoms with Gasteiger partial charge in [-0.25, -0.2) is 0 Å². The highest BCUT2D eigenvalue weighted by Crippen LogP contribution is 2.67. The summed E-state index contributed by atoms with van der Waals surface area (Å²) in [6.45, 7) is 9.52. The van der Waals surface area contributed by atoms with Crippen LogP contribution in [0.2, 0.25) is 0 Å². The second-order valence-electron chi connectivity index (χ2n) is 8.19. The molecule has 2 aliphatic rings. The smallest absolute Gasteiger partial charge is 0.0558 e. The van der Waals surface area contributed by atoms with Crippen molar-refractivity contribution in [3.8, 4) is 0 Å². The van der Waals surface area contributed by atoms with Crippen LogP contribution in [0.5, 0.6) is 0 Å². The Morgan fingerprint density at radius 2 is 1.25 bits per heavy atom. The van der Waals surface area contributed by atoms with E-state index >= 15 is 0 Å². The number of aliphatic hydroxyl groups excluding tert-OH is 4. The van der Waals surface area contributed by atoms with Crippen LogP contribution >= 0.6 is 0 Å². The number of nitrogens with zero attached hydrogens (tertiary/aromatic N) is 2. The van der Waals surface area contributed by atoms with Crippen molar-refractivity contribution < 1.29 is 20.4 Å². The highest BCUT2D eigenvalue weighted by Gasteiger charge is 2.68. The monoisotopic (exact) mass is 344 g/mol. The minimum atomic E-state index is 0.0738. The van der Waals surface area contributed by atoms with Crippen LogP contribution in [0.1, 0.15) is 33.6 Å². The van der Waals surface area contributed by atoms with Gasteiger partial charge in [-0.3, -0.25) is 9.80 Å². The van der Waals surface area contributed by atoms with E-state index in [1.165, 1.54) is 0 Å². The molecule has 2 rings (SSSR count). The summed E-state index contributed by atoms with van der Waals surface area (Å²) in [5.74, 6) is 0.491. The average Bonchev–Trinajstić information content (AvgIpc) is 2.85. The maximum Gasteiger partial charge on any atom is 0.0558 e. The van der Waals surface area contributed by atoms with Gasteiger partial charge < -0.3 is 20.4 Å². The molecular weight excluding hydrogens is 308 g/mol. The van der Waals surface area contributed by atoms with Crippen molar-refractivity contribution in [2.24, 2.45) is 16.7 Å². The van der Waals surface area contributed by atoms with Gasteiger partial charge in [0.1, 0.15) is 0 Å². The summed E-state index contributed by atoms with van der Waals surface area (Å²) in [5, 5.41) is 38.1. The van der Waals surface area contributed by atoms with E-state index in [1.807, 2.05) is 0 Å². The lowest BCUT2D eigenvalue weighted by Crippen LogP contribution is -2.59. The van der Waals surface area contributed by atoms with E-state index < -0.39 is 0 Å². The molecule has 2 fully saturated rings. The summed E-state index contributed by atoms with van der Waals surface area (Å²) in [7, 11) is 0. The molecule has 6 nitrogen and oxygen atoms in total. The Balaban J connectivity index is 2.40. The summed E-state index contributed by atoms with van der Waals surface area (Å²) in [6.07, 6.45) is 2.30. The van der Waals surface area contributed by atoms with Gasteiger partial charge in [-0.2, -0.15) is 0 Å². The van der Waals surface area contributed by atoms with Gasteiger partial charge in [0, 0.05) is 38.3 Å². The molecule has 0 radical (unpaired) electrons. The Morgan fingerprint density at radius 3 is 1.71 bits per heavy atom. The third-order valence-electron chi connectivity index (χ3n) is 7.13. The predicted molar refractivity (Wildman–Crippen MR) is 93.7 cm³/mol. The van der Waals surface area contributed by atoms with Crippen molar-refractivity contribution >= 4 is 0 Å². The zero-order chi connectivity index (χ0) is 18.0. The summed E-state index contributed by atoms with van der Waals surface area (Å²) < 4.78 is 0. The average molecular weight is 344 g/mol. The first-order valence-corrected chi connectivity index (χ1v) is 9.30.